The Labute approximate surface area is 94.2 Å². The Balaban J connectivity index is 2.71. The van der Waals surface area contributed by atoms with E-state index in [2.05, 4.69) is 9.88 Å². The predicted molar refractivity (Wildman–Crippen MR) is 57.3 cm³/mol. The van der Waals surface area contributed by atoms with Gasteiger partial charge in [-0.05, 0) is 0 Å². The van der Waals surface area contributed by atoms with E-state index in [9.17, 15) is 8.42 Å². The number of hydrogen-bond acceptors (Lipinski definition) is 5. The van der Waals surface area contributed by atoms with Crippen LogP contribution in [0.15, 0.2) is 5.16 Å². The summed E-state index contributed by atoms with van der Waals surface area (Å²) < 4.78 is 32.1. The molecule has 1 aliphatic heterocycles. The summed E-state index contributed by atoms with van der Waals surface area (Å²) in [5.74, 6) is -0.128. The van der Waals surface area contributed by atoms with Crippen LogP contribution in [-0.4, -0.2) is 56.1 Å². The van der Waals surface area contributed by atoms with Crippen LogP contribution in [0.25, 0.3) is 0 Å². The summed E-state index contributed by atoms with van der Waals surface area (Å²) >= 11 is 0. The third-order valence-corrected chi connectivity index (χ3v) is 3.81. The van der Waals surface area contributed by atoms with Crippen molar-refractivity contribution in [3.8, 4) is 0 Å². The number of nitrogens with zero attached hydrogens (tertiary/aromatic N) is 2. The summed E-state index contributed by atoms with van der Waals surface area (Å²) in [6.45, 7) is 2.52. The molecular formula is C7H16N4O4S. The molecule has 0 spiro atoms. The van der Waals surface area contributed by atoms with Crippen molar-refractivity contribution in [2.75, 3.05) is 26.2 Å². The normalized spacial score (nSPS) is 24.6. The van der Waals surface area contributed by atoms with Gasteiger partial charge >= 0.3 is 0 Å². The van der Waals surface area contributed by atoms with Gasteiger partial charge < -0.3 is 15.7 Å². The van der Waals surface area contributed by atoms with E-state index in [1.165, 1.54) is 4.31 Å². The molecule has 4 N–H and O–H groups in total. The maximum Gasteiger partial charge on any atom is 0.279 e. The van der Waals surface area contributed by atoms with E-state index in [0.29, 0.717) is 6.54 Å². The minimum Gasteiger partial charge on any atom is -0.409 e. The van der Waals surface area contributed by atoms with Gasteiger partial charge in [0.15, 0.2) is 5.84 Å². The lowest BCUT2D eigenvalue weighted by Gasteiger charge is -2.31. The van der Waals surface area contributed by atoms with Crippen molar-refractivity contribution in [3.05, 3.63) is 0 Å². The van der Waals surface area contributed by atoms with E-state index in [-0.39, 0.29) is 25.5 Å². The zero-order valence-corrected chi connectivity index (χ0v) is 9.77. The van der Waals surface area contributed by atoms with Crippen LogP contribution in [0.3, 0.4) is 0 Å². The van der Waals surface area contributed by atoms with Crippen LogP contribution in [0.4, 0.5) is 0 Å². The van der Waals surface area contributed by atoms with Gasteiger partial charge in [-0.25, -0.2) is 4.72 Å². The number of amidine groups is 1. The molecule has 1 aliphatic rings. The monoisotopic (exact) mass is 252 g/mol. The molecular weight excluding hydrogens is 236 g/mol. The molecule has 1 fully saturated rings. The second kappa shape index (κ2) is 5.43. The van der Waals surface area contributed by atoms with Crippen LogP contribution in [-0.2, 0) is 14.9 Å². The minimum atomic E-state index is -3.50. The Hall–Kier alpha value is -0.900. The minimum absolute atomic E-state index is 0.0469. The number of morpholine rings is 1. The number of nitrogens with one attached hydrogen (secondary N) is 1. The van der Waals surface area contributed by atoms with E-state index in [0.717, 1.165) is 0 Å². The molecule has 0 bridgehead atoms. The van der Waals surface area contributed by atoms with Gasteiger partial charge in [-0.1, -0.05) is 12.1 Å². The largest absolute Gasteiger partial charge is 0.409 e. The van der Waals surface area contributed by atoms with Gasteiger partial charge in [0.1, 0.15) is 6.10 Å². The molecule has 16 heavy (non-hydrogen) atoms. The fourth-order valence-corrected chi connectivity index (χ4v) is 2.55. The van der Waals surface area contributed by atoms with Crippen molar-refractivity contribution in [1.29, 1.82) is 0 Å². The third kappa shape index (κ3) is 3.04. The van der Waals surface area contributed by atoms with Crippen LogP contribution in [0.5, 0.6) is 0 Å². The zero-order chi connectivity index (χ0) is 12.2. The van der Waals surface area contributed by atoms with Crippen LogP contribution in [0, 0.1) is 0 Å². The second-order valence-corrected chi connectivity index (χ2v) is 5.00. The summed E-state index contributed by atoms with van der Waals surface area (Å²) in [5, 5.41) is 11.3. The number of rotatable bonds is 4. The summed E-state index contributed by atoms with van der Waals surface area (Å²) in [6.07, 6.45) is -0.702. The van der Waals surface area contributed by atoms with Crippen molar-refractivity contribution in [1.82, 2.24) is 9.03 Å². The number of ether oxygens (including phenoxy) is 1. The van der Waals surface area contributed by atoms with Crippen LogP contribution in [0.1, 0.15) is 6.92 Å². The molecule has 0 aromatic rings. The fourth-order valence-electron chi connectivity index (χ4n) is 1.36. The summed E-state index contributed by atoms with van der Waals surface area (Å²) in [7, 11) is -3.50. The standard InChI is InChI=1S/C7H16N4O4S/c1-2-9-16(13,14)11-3-4-15-6(5-11)7(8)10-12/h6,9,12H,2-5H2,1H3,(H2,8,10). The van der Waals surface area contributed by atoms with Gasteiger partial charge in [-0.3, -0.25) is 0 Å². The maximum atomic E-state index is 11.7. The van der Waals surface area contributed by atoms with Gasteiger partial charge in [-0.15, -0.1) is 0 Å². The first-order valence-electron chi connectivity index (χ1n) is 4.85. The Morgan fingerprint density at radius 2 is 2.44 bits per heavy atom. The molecule has 1 unspecified atom stereocenters. The van der Waals surface area contributed by atoms with Gasteiger partial charge in [0.25, 0.3) is 10.2 Å². The number of nitrogens with two attached hydrogens (primary N) is 1. The van der Waals surface area contributed by atoms with Crippen molar-refractivity contribution >= 4 is 16.0 Å². The summed E-state index contributed by atoms with van der Waals surface area (Å²) in [4.78, 5) is 0. The zero-order valence-electron chi connectivity index (χ0n) is 8.96. The topological polar surface area (TPSA) is 117 Å². The Morgan fingerprint density at radius 1 is 1.75 bits per heavy atom. The second-order valence-electron chi connectivity index (χ2n) is 3.25. The highest BCUT2D eigenvalue weighted by molar-refractivity contribution is 7.87. The first-order chi connectivity index (χ1) is 7.51. The molecule has 0 radical (unpaired) electrons. The highest BCUT2D eigenvalue weighted by Gasteiger charge is 2.30. The van der Waals surface area contributed by atoms with Gasteiger partial charge in [0.05, 0.1) is 6.61 Å². The molecule has 0 amide bonds. The van der Waals surface area contributed by atoms with Crippen LogP contribution < -0.4 is 10.5 Å². The van der Waals surface area contributed by atoms with Gasteiger partial charge in [0.2, 0.25) is 0 Å². The lowest BCUT2D eigenvalue weighted by atomic mass is 10.3. The average Bonchev–Trinajstić information content (AvgIpc) is 2.28. The highest BCUT2D eigenvalue weighted by Crippen LogP contribution is 2.08. The molecule has 1 heterocycles. The predicted octanol–water partition coefficient (Wildman–Crippen LogP) is -1.71. The van der Waals surface area contributed by atoms with E-state index < -0.39 is 16.3 Å². The Morgan fingerprint density at radius 3 is 3.00 bits per heavy atom. The molecule has 1 saturated heterocycles. The smallest absolute Gasteiger partial charge is 0.279 e. The lowest BCUT2D eigenvalue weighted by Crippen LogP contribution is -2.53. The number of oxime groups is 1. The fraction of sp³-hybridized carbons (Fsp3) is 0.857. The molecule has 0 aromatic carbocycles. The molecule has 0 aliphatic carbocycles. The first-order valence-corrected chi connectivity index (χ1v) is 6.29. The van der Waals surface area contributed by atoms with Crippen molar-refractivity contribution in [2.24, 2.45) is 10.9 Å². The highest BCUT2D eigenvalue weighted by atomic mass is 32.2. The SMILES string of the molecule is CCNS(=O)(=O)N1CCOC(C(N)=NO)C1. The molecule has 94 valence electrons. The van der Waals surface area contributed by atoms with Crippen LogP contribution in [0.2, 0.25) is 0 Å². The quantitative estimate of drug-likeness (QED) is 0.238. The summed E-state index contributed by atoms with van der Waals surface area (Å²) in [5.41, 5.74) is 5.36. The first kappa shape index (κ1) is 13.2. The van der Waals surface area contributed by atoms with Crippen molar-refractivity contribution in [2.45, 2.75) is 13.0 Å². The van der Waals surface area contributed by atoms with E-state index in [1.54, 1.807) is 6.92 Å². The van der Waals surface area contributed by atoms with E-state index >= 15 is 0 Å². The number of hydrogen-bond donors (Lipinski definition) is 3. The Kier molecular flexibility index (Phi) is 4.47. The Bertz CT molecular complexity index is 355. The molecule has 0 saturated carbocycles. The maximum absolute atomic E-state index is 11.7. The van der Waals surface area contributed by atoms with E-state index in [4.69, 9.17) is 15.7 Å². The van der Waals surface area contributed by atoms with Crippen LogP contribution >= 0.6 is 0 Å². The van der Waals surface area contributed by atoms with Gasteiger partial charge in [-0.2, -0.15) is 12.7 Å². The van der Waals surface area contributed by atoms with E-state index in [1.807, 2.05) is 0 Å². The molecule has 1 atom stereocenters. The third-order valence-electron chi connectivity index (χ3n) is 2.14. The molecule has 9 heteroatoms. The van der Waals surface area contributed by atoms with Crippen molar-refractivity contribution < 1.29 is 18.4 Å². The van der Waals surface area contributed by atoms with Crippen molar-refractivity contribution in [3.63, 3.8) is 0 Å². The summed E-state index contributed by atoms with van der Waals surface area (Å²) in [6, 6.07) is 0. The average molecular weight is 252 g/mol. The van der Waals surface area contributed by atoms with Gasteiger partial charge in [0, 0.05) is 19.6 Å². The molecule has 1 rings (SSSR count). The molecule has 0 aromatic heterocycles. The molecule has 8 nitrogen and oxygen atoms in total. The lowest BCUT2D eigenvalue weighted by molar-refractivity contribution is 0.0351.